The van der Waals surface area contributed by atoms with Crippen LogP contribution in [0.5, 0.6) is 0 Å². The molecule has 0 aliphatic carbocycles. The molecule has 0 fully saturated rings. The van der Waals surface area contributed by atoms with Gasteiger partial charge in [0.2, 0.25) is 0 Å². The highest BCUT2D eigenvalue weighted by Gasteiger charge is 2.39. The molecule has 1 aliphatic heterocycles. The van der Waals surface area contributed by atoms with Gasteiger partial charge in [-0.25, -0.2) is 9.69 Å². The second-order valence-corrected chi connectivity index (χ2v) is 5.17. The van der Waals surface area contributed by atoms with Crippen LogP contribution >= 0.6 is 0 Å². The maximum atomic E-state index is 12.5. The molecule has 2 aromatic carbocycles. The molecule has 0 unspecified atom stereocenters. The summed E-state index contributed by atoms with van der Waals surface area (Å²) in [4.78, 5) is 48.2. The molecule has 8 heteroatoms. The lowest BCUT2D eigenvalue weighted by Crippen LogP contribution is -2.30. The number of ether oxygens (including phenoxy) is 1. The molecule has 0 saturated carbocycles. The van der Waals surface area contributed by atoms with Crippen LogP contribution in [0, 0.1) is 10.1 Å². The van der Waals surface area contributed by atoms with Crippen molar-refractivity contribution < 1.29 is 24.0 Å². The Bertz CT molecular complexity index is 886. The van der Waals surface area contributed by atoms with Gasteiger partial charge in [0, 0.05) is 6.07 Å². The van der Waals surface area contributed by atoms with Gasteiger partial charge in [-0.2, -0.15) is 0 Å². The van der Waals surface area contributed by atoms with Gasteiger partial charge < -0.3 is 4.74 Å². The van der Waals surface area contributed by atoms with Crippen LogP contribution in [0.1, 0.15) is 38.0 Å². The van der Waals surface area contributed by atoms with E-state index in [-0.39, 0.29) is 29.0 Å². The van der Waals surface area contributed by atoms with Crippen molar-refractivity contribution in [2.24, 2.45) is 0 Å². The zero-order chi connectivity index (χ0) is 18.1. The molecular weight excluding hydrogens is 328 g/mol. The Morgan fingerprint density at radius 1 is 1.12 bits per heavy atom. The fourth-order valence-electron chi connectivity index (χ4n) is 2.61. The van der Waals surface area contributed by atoms with Crippen LogP contribution in [0.25, 0.3) is 0 Å². The minimum absolute atomic E-state index is 0.0334. The summed E-state index contributed by atoms with van der Waals surface area (Å²) in [7, 11) is 0. The third-order valence-corrected chi connectivity index (χ3v) is 3.72. The lowest BCUT2D eigenvalue weighted by molar-refractivity contribution is -0.384. The number of fused-ring (bicyclic) bond motifs is 1. The Balaban J connectivity index is 2.09. The van der Waals surface area contributed by atoms with E-state index in [0.717, 1.165) is 11.0 Å². The van der Waals surface area contributed by atoms with Crippen LogP contribution in [0.3, 0.4) is 0 Å². The van der Waals surface area contributed by atoms with Crippen molar-refractivity contribution in [2.45, 2.75) is 6.92 Å². The molecule has 2 aromatic rings. The van der Waals surface area contributed by atoms with Crippen LogP contribution in [0.15, 0.2) is 42.5 Å². The SMILES string of the molecule is CCOC(=O)c1ccc(N2C(=O)c3ccccc3C2=O)c([N+](=O)[O-])c1. The summed E-state index contributed by atoms with van der Waals surface area (Å²) < 4.78 is 4.81. The fourth-order valence-corrected chi connectivity index (χ4v) is 2.61. The molecule has 25 heavy (non-hydrogen) atoms. The first-order valence-corrected chi connectivity index (χ1v) is 7.39. The van der Waals surface area contributed by atoms with E-state index in [0.29, 0.717) is 0 Å². The van der Waals surface area contributed by atoms with Crippen molar-refractivity contribution in [3.63, 3.8) is 0 Å². The topological polar surface area (TPSA) is 107 Å². The van der Waals surface area contributed by atoms with Gasteiger partial charge in [-0.3, -0.25) is 19.7 Å². The van der Waals surface area contributed by atoms with Crippen molar-refractivity contribution in [3.05, 3.63) is 69.3 Å². The number of nitrogens with zero attached hydrogens (tertiary/aromatic N) is 2. The molecule has 0 spiro atoms. The molecular formula is C17H12N2O6. The molecule has 2 amide bonds. The van der Waals surface area contributed by atoms with Gasteiger partial charge in [-0.15, -0.1) is 0 Å². The molecule has 8 nitrogen and oxygen atoms in total. The summed E-state index contributed by atoms with van der Waals surface area (Å²) in [5.74, 6) is -2.01. The lowest BCUT2D eigenvalue weighted by Gasteiger charge is -2.14. The van der Waals surface area contributed by atoms with Gasteiger partial charge in [0.25, 0.3) is 17.5 Å². The third kappa shape index (κ3) is 2.63. The first kappa shape index (κ1) is 16.3. The van der Waals surface area contributed by atoms with Crippen LogP contribution in [0.2, 0.25) is 0 Å². The molecule has 0 aromatic heterocycles. The Hall–Kier alpha value is -3.55. The predicted molar refractivity (Wildman–Crippen MR) is 86.6 cm³/mol. The standard InChI is InChI=1S/C17H12N2O6/c1-2-25-17(22)10-7-8-13(14(9-10)19(23)24)18-15(20)11-5-3-4-6-12(11)16(18)21/h3-9H,2H2,1H3. The van der Waals surface area contributed by atoms with E-state index in [1.165, 1.54) is 24.3 Å². The smallest absolute Gasteiger partial charge is 0.338 e. The largest absolute Gasteiger partial charge is 0.462 e. The molecule has 0 bridgehead atoms. The second-order valence-electron chi connectivity index (χ2n) is 5.17. The Labute approximate surface area is 141 Å². The quantitative estimate of drug-likeness (QED) is 0.366. The molecule has 3 rings (SSSR count). The van der Waals surface area contributed by atoms with Crippen LogP contribution in [0.4, 0.5) is 11.4 Å². The van der Waals surface area contributed by atoms with Crippen molar-refractivity contribution in [2.75, 3.05) is 11.5 Å². The van der Waals surface area contributed by atoms with E-state index >= 15 is 0 Å². The third-order valence-electron chi connectivity index (χ3n) is 3.72. The van der Waals surface area contributed by atoms with Crippen LogP contribution in [-0.2, 0) is 4.74 Å². The van der Waals surface area contributed by atoms with E-state index < -0.39 is 28.4 Å². The zero-order valence-corrected chi connectivity index (χ0v) is 13.1. The molecule has 126 valence electrons. The van der Waals surface area contributed by atoms with E-state index in [4.69, 9.17) is 4.74 Å². The average molecular weight is 340 g/mol. The summed E-state index contributed by atoms with van der Waals surface area (Å²) in [5, 5.41) is 11.4. The van der Waals surface area contributed by atoms with Gasteiger partial charge in [0.1, 0.15) is 5.69 Å². The number of carbonyl (C=O) groups excluding carboxylic acids is 3. The summed E-state index contributed by atoms with van der Waals surface area (Å²) >= 11 is 0. The number of nitro groups is 1. The summed E-state index contributed by atoms with van der Waals surface area (Å²) in [6.07, 6.45) is 0. The molecule has 0 radical (unpaired) electrons. The van der Waals surface area contributed by atoms with Gasteiger partial charge in [0.15, 0.2) is 0 Å². The van der Waals surface area contributed by atoms with Crippen molar-refractivity contribution in [1.82, 2.24) is 0 Å². The van der Waals surface area contributed by atoms with Gasteiger partial charge >= 0.3 is 5.97 Å². The maximum absolute atomic E-state index is 12.5. The first-order chi connectivity index (χ1) is 12.0. The number of imide groups is 1. The van der Waals surface area contributed by atoms with Gasteiger partial charge in [-0.1, -0.05) is 12.1 Å². The van der Waals surface area contributed by atoms with E-state index in [1.54, 1.807) is 19.1 Å². The number of nitro benzene ring substituents is 1. The Morgan fingerprint density at radius 2 is 1.72 bits per heavy atom. The monoisotopic (exact) mass is 340 g/mol. The summed E-state index contributed by atoms with van der Waals surface area (Å²) in [5.41, 5.74) is -0.397. The van der Waals surface area contributed by atoms with Crippen LogP contribution < -0.4 is 4.90 Å². The highest BCUT2D eigenvalue weighted by Crippen LogP contribution is 2.35. The highest BCUT2D eigenvalue weighted by molar-refractivity contribution is 6.35. The zero-order valence-electron chi connectivity index (χ0n) is 13.1. The minimum atomic E-state index is -0.748. The number of hydrogen-bond donors (Lipinski definition) is 0. The normalized spacial score (nSPS) is 12.9. The van der Waals surface area contributed by atoms with Crippen molar-refractivity contribution in [1.29, 1.82) is 0 Å². The Kier molecular flexibility index (Phi) is 4.02. The summed E-state index contributed by atoms with van der Waals surface area (Å²) in [6, 6.07) is 9.65. The number of esters is 1. The highest BCUT2D eigenvalue weighted by atomic mass is 16.6. The molecule has 1 aliphatic rings. The maximum Gasteiger partial charge on any atom is 0.338 e. The number of anilines is 1. The number of hydrogen-bond acceptors (Lipinski definition) is 6. The predicted octanol–water partition coefficient (Wildman–Crippen LogP) is 2.57. The van der Waals surface area contributed by atoms with Crippen LogP contribution in [-0.4, -0.2) is 29.3 Å². The lowest BCUT2D eigenvalue weighted by atomic mass is 10.1. The first-order valence-electron chi connectivity index (χ1n) is 7.39. The number of amides is 2. The van der Waals surface area contributed by atoms with E-state index in [1.807, 2.05) is 0 Å². The fraction of sp³-hybridized carbons (Fsp3) is 0.118. The summed E-state index contributed by atoms with van der Waals surface area (Å²) in [6.45, 7) is 1.73. The molecule has 0 atom stereocenters. The van der Waals surface area contributed by atoms with E-state index in [9.17, 15) is 24.5 Å². The second kappa shape index (κ2) is 6.16. The molecule has 0 saturated heterocycles. The van der Waals surface area contributed by atoms with E-state index in [2.05, 4.69) is 0 Å². The van der Waals surface area contributed by atoms with Gasteiger partial charge in [-0.05, 0) is 31.2 Å². The Morgan fingerprint density at radius 3 is 2.24 bits per heavy atom. The molecule has 0 N–H and O–H groups in total. The molecule has 1 heterocycles. The number of carbonyl (C=O) groups is 3. The van der Waals surface area contributed by atoms with Crippen molar-refractivity contribution in [3.8, 4) is 0 Å². The number of benzene rings is 2. The van der Waals surface area contributed by atoms with Crippen molar-refractivity contribution >= 4 is 29.2 Å². The minimum Gasteiger partial charge on any atom is -0.462 e. The average Bonchev–Trinajstić information content (AvgIpc) is 2.86. The number of rotatable bonds is 4. The van der Waals surface area contributed by atoms with Gasteiger partial charge in [0.05, 0.1) is 28.2 Å².